The van der Waals surface area contributed by atoms with E-state index in [9.17, 15) is 18.0 Å². The second kappa shape index (κ2) is 5.59. The molecule has 1 amide bonds. The third kappa shape index (κ3) is 2.57. The molecule has 0 aromatic carbocycles. The van der Waals surface area contributed by atoms with Crippen LogP contribution in [0.1, 0.15) is 15.9 Å². The van der Waals surface area contributed by atoms with Crippen molar-refractivity contribution < 1.29 is 18.0 Å². The quantitative estimate of drug-likeness (QED) is 0.781. The lowest BCUT2D eigenvalue weighted by Gasteiger charge is -2.07. The number of imidazole rings is 1. The first-order valence-corrected chi connectivity index (χ1v) is 6.89. The van der Waals surface area contributed by atoms with Crippen molar-refractivity contribution in [3.05, 3.63) is 41.9 Å². The topological polar surface area (TPSA) is 72.7 Å². The van der Waals surface area contributed by atoms with E-state index in [2.05, 4.69) is 20.3 Å². The molecule has 24 heavy (non-hydrogen) atoms. The number of nitrogens with one attached hydrogen (secondary N) is 1. The molecule has 3 rings (SSSR count). The average molecular weight is 335 g/mol. The molecule has 0 aliphatic carbocycles. The van der Waals surface area contributed by atoms with Gasteiger partial charge >= 0.3 is 6.18 Å². The number of hydrogen-bond donors (Lipinski definition) is 1. The van der Waals surface area contributed by atoms with E-state index in [1.165, 1.54) is 24.0 Å². The Morgan fingerprint density at radius 2 is 2.04 bits per heavy atom. The Kier molecular flexibility index (Phi) is 3.70. The van der Waals surface area contributed by atoms with E-state index in [1.54, 1.807) is 13.1 Å². The van der Waals surface area contributed by atoms with Crippen LogP contribution in [-0.4, -0.2) is 32.5 Å². The third-order valence-corrected chi connectivity index (χ3v) is 3.57. The highest BCUT2D eigenvalue weighted by Crippen LogP contribution is 2.32. The van der Waals surface area contributed by atoms with Gasteiger partial charge in [0.2, 0.25) is 0 Å². The second-order valence-electron chi connectivity index (χ2n) is 5.06. The predicted molar refractivity (Wildman–Crippen MR) is 80.1 cm³/mol. The van der Waals surface area contributed by atoms with Gasteiger partial charge in [0.05, 0.1) is 11.1 Å². The van der Waals surface area contributed by atoms with Gasteiger partial charge in [-0.2, -0.15) is 13.2 Å². The van der Waals surface area contributed by atoms with Crippen LogP contribution in [0.15, 0.2) is 30.7 Å². The van der Waals surface area contributed by atoms with Gasteiger partial charge in [-0.1, -0.05) is 0 Å². The van der Waals surface area contributed by atoms with E-state index in [1.807, 2.05) is 0 Å². The Hall–Kier alpha value is -2.97. The molecule has 3 aromatic rings. The van der Waals surface area contributed by atoms with Gasteiger partial charge in [-0.3, -0.25) is 9.78 Å². The molecule has 0 bridgehead atoms. The first-order valence-electron chi connectivity index (χ1n) is 6.89. The fourth-order valence-electron chi connectivity index (χ4n) is 2.38. The zero-order chi connectivity index (χ0) is 17.5. The average Bonchev–Trinajstić information content (AvgIpc) is 2.89. The van der Waals surface area contributed by atoms with Crippen molar-refractivity contribution in [1.82, 2.24) is 24.8 Å². The largest absolute Gasteiger partial charge is 0.417 e. The number of nitrogens with zero attached hydrogens (tertiary/aromatic N) is 4. The zero-order valence-electron chi connectivity index (χ0n) is 12.7. The molecule has 1 N–H and O–H groups in total. The van der Waals surface area contributed by atoms with Crippen LogP contribution in [0.5, 0.6) is 0 Å². The van der Waals surface area contributed by atoms with Crippen molar-refractivity contribution >= 4 is 17.1 Å². The number of alkyl halides is 3. The Bertz CT molecular complexity index is 932. The number of aromatic nitrogens is 4. The van der Waals surface area contributed by atoms with Gasteiger partial charge in [-0.25, -0.2) is 9.97 Å². The molecule has 0 spiro atoms. The first-order chi connectivity index (χ1) is 11.3. The molecule has 0 unspecified atom stereocenters. The third-order valence-electron chi connectivity index (χ3n) is 3.57. The number of fused-ring (bicyclic) bond motifs is 1. The van der Waals surface area contributed by atoms with Crippen molar-refractivity contribution in [2.75, 3.05) is 7.05 Å². The summed E-state index contributed by atoms with van der Waals surface area (Å²) in [6.07, 6.45) is -0.874. The summed E-state index contributed by atoms with van der Waals surface area (Å²) in [7, 11) is 3.10. The standard InChI is InChI=1S/C15H12F3N5O/c1-19-14(24)10-7-20-4-3-9(10)12-22-11-5-8(15(16,17)18)6-21-13(11)23(12)2/h3-7H,1-2H3,(H,19,24). The molecule has 0 aliphatic heterocycles. The van der Waals surface area contributed by atoms with Gasteiger partial charge in [-0.05, 0) is 12.1 Å². The summed E-state index contributed by atoms with van der Waals surface area (Å²) in [6.45, 7) is 0. The molecule has 6 nitrogen and oxygen atoms in total. The number of hydrogen-bond acceptors (Lipinski definition) is 4. The van der Waals surface area contributed by atoms with E-state index in [0.29, 0.717) is 11.4 Å². The number of aryl methyl sites for hydroxylation is 1. The molecule has 0 aliphatic rings. The first kappa shape index (κ1) is 15.9. The molecule has 124 valence electrons. The minimum absolute atomic E-state index is 0.0991. The van der Waals surface area contributed by atoms with Gasteiger partial charge in [-0.15, -0.1) is 0 Å². The van der Waals surface area contributed by atoms with Crippen molar-refractivity contribution in [3.63, 3.8) is 0 Å². The molecule has 0 saturated heterocycles. The number of rotatable bonds is 2. The number of amides is 1. The highest BCUT2D eigenvalue weighted by Gasteiger charge is 2.32. The molecular weight excluding hydrogens is 323 g/mol. The number of pyridine rings is 2. The molecule has 9 heteroatoms. The Morgan fingerprint density at radius 3 is 2.71 bits per heavy atom. The number of halogens is 3. The van der Waals surface area contributed by atoms with Crippen LogP contribution in [0.4, 0.5) is 13.2 Å². The Balaban J connectivity index is 2.22. The van der Waals surface area contributed by atoms with Gasteiger partial charge in [0, 0.05) is 38.2 Å². The lowest BCUT2D eigenvalue weighted by atomic mass is 10.1. The molecule has 0 saturated carbocycles. The Labute approximate surface area is 134 Å². The van der Waals surface area contributed by atoms with Gasteiger partial charge in [0.1, 0.15) is 11.3 Å². The maximum Gasteiger partial charge on any atom is 0.417 e. The Morgan fingerprint density at radius 1 is 1.29 bits per heavy atom. The van der Waals surface area contributed by atoms with Crippen LogP contribution >= 0.6 is 0 Å². The van der Waals surface area contributed by atoms with Crippen LogP contribution in [0.3, 0.4) is 0 Å². The second-order valence-corrected chi connectivity index (χ2v) is 5.06. The minimum Gasteiger partial charge on any atom is -0.355 e. The molecule has 0 atom stereocenters. The maximum atomic E-state index is 12.8. The van der Waals surface area contributed by atoms with Crippen LogP contribution in [0.2, 0.25) is 0 Å². The van der Waals surface area contributed by atoms with Crippen molar-refractivity contribution in [1.29, 1.82) is 0 Å². The van der Waals surface area contributed by atoms with Crippen molar-refractivity contribution in [2.24, 2.45) is 7.05 Å². The summed E-state index contributed by atoms with van der Waals surface area (Å²) in [6, 6.07) is 2.52. The summed E-state index contributed by atoms with van der Waals surface area (Å²) in [5.74, 6) is -0.0353. The van der Waals surface area contributed by atoms with Crippen LogP contribution in [-0.2, 0) is 13.2 Å². The minimum atomic E-state index is -4.50. The summed E-state index contributed by atoms with van der Waals surface area (Å²) in [5.41, 5.74) is 0.244. The van der Waals surface area contributed by atoms with Gasteiger partial charge < -0.3 is 9.88 Å². The van der Waals surface area contributed by atoms with E-state index in [4.69, 9.17) is 0 Å². The highest BCUT2D eigenvalue weighted by molar-refractivity contribution is 6.00. The smallest absolute Gasteiger partial charge is 0.355 e. The van der Waals surface area contributed by atoms with Gasteiger partial charge in [0.15, 0.2) is 5.65 Å². The van der Waals surface area contributed by atoms with Gasteiger partial charge in [0.25, 0.3) is 5.91 Å². The summed E-state index contributed by atoms with van der Waals surface area (Å²) >= 11 is 0. The molecule has 3 aromatic heterocycles. The summed E-state index contributed by atoms with van der Waals surface area (Å²) in [5, 5.41) is 2.49. The summed E-state index contributed by atoms with van der Waals surface area (Å²) in [4.78, 5) is 24.0. The molecule has 0 fully saturated rings. The van der Waals surface area contributed by atoms with Crippen molar-refractivity contribution in [2.45, 2.75) is 6.18 Å². The SMILES string of the molecule is CNC(=O)c1cnccc1-c1nc2cc(C(F)(F)F)cnc2n1C. The van der Waals surface area contributed by atoms with Crippen LogP contribution in [0.25, 0.3) is 22.6 Å². The molecular formula is C15H12F3N5O. The summed E-state index contributed by atoms with van der Waals surface area (Å²) < 4.78 is 40.0. The molecule has 3 heterocycles. The highest BCUT2D eigenvalue weighted by atomic mass is 19.4. The zero-order valence-corrected chi connectivity index (χ0v) is 12.7. The lowest BCUT2D eigenvalue weighted by molar-refractivity contribution is -0.137. The van der Waals surface area contributed by atoms with E-state index in [-0.39, 0.29) is 22.6 Å². The van der Waals surface area contributed by atoms with E-state index in [0.717, 1.165) is 12.3 Å². The lowest BCUT2D eigenvalue weighted by Crippen LogP contribution is -2.19. The normalized spacial score (nSPS) is 11.7. The molecule has 0 radical (unpaired) electrons. The van der Waals surface area contributed by atoms with Crippen LogP contribution in [0, 0.1) is 0 Å². The predicted octanol–water partition coefficient (Wildman–Crippen LogP) is 2.41. The maximum absolute atomic E-state index is 12.8. The fourth-order valence-corrected chi connectivity index (χ4v) is 2.38. The fraction of sp³-hybridized carbons (Fsp3) is 0.200. The van der Waals surface area contributed by atoms with E-state index >= 15 is 0 Å². The van der Waals surface area contributed by atoms with Crippen molar-refractivity contribution in [3.8, 4) is 11.4 Å². The number of carbonyl (C=O) groups excluding carboxylic acids is 1. The monoisotopic (exact) mass is 335 g/mol. The van der Waals surface area contributed by atoms with Crippen LogP contribution < -0.4 is 5.32 Å². The number of carbonyl (C=O) groups is 1. The van der Waals surface area contributed by atoms with E-state index < -0.39 is 11.7 Å².